The van der Waals surface area contributed by atoms with Crippen molar-refractivity contribution in [3.8, 4) is 0 Å². The highest BCUT2D eigenvalue weighted by Gasteiger charge is 2.35. The van der Waals surface area contributed by atoms with Crippen LogP contribution in [-0.4, -0.2) is 30.2 Å². The largest absolute Gasteiger partial charge is 0.300 e. The molecule has 1 heterocycles. The predicted octanol–water partition coefficient (Wildman–Crippen LogP) is 0.646. The molecule has 0 saturated carbocycles. The van der Waals surface area contributed by atoms with Crippen molar-refractivity contribution >= 4 is 0 Å². The third kappa shape index (κ3) is 0.970. The van der Waals surface area contributed by atoms with Crippen LogP contribution < -0.4 is 5.32 Å². The Morgan fingerprint density at radius 2 is 2.11 bits per heavy atom. The van der Waals surface area contributed by atoms with Gasteiger partial charge < -0.3 is 0 Å². The van der Waals surface area contributed by atoms with E-state index in [1.54, 1.807) is 0 Å². The summed E-state index contributed by atoms with van der Waals surface area (Å²) in [5.74, 6) is 0. The molecular formula is C7H16N2. The minimum absolute atomic E-state index is 0.333. The first-order valence-electron chi connectivity index (χ1n) is 3.50. The standard InChI is InChI=1S/C7H16N2/c1-6-7(2,3)9(4)5-8-6/h6,8H,5H2,1-4H3/t6-/m1/s1. The molecule has 0 amide bonds. The zero-order valence-corrected chi connectivity index (χ0v) is 6.73. The molecule has 0 radical (unpaired) electrons. The molecule has 0 unspecified atom stereocenters. The van der Waals surface area contributed by atoms with Crippen LogP contribution in [0.4, 0.5) is 0 Å². The van der Waals surface area contributed by atoms with Gasteiger partial charge in [0.25, 0.3) is 0 Å². The van der Waals surface area contributed by atoms with Crippen LogP contribution in [0.1, 0.15) is 20.8 Å². The fourth-order valence-corrected chi connectivity index (χ4v) is 1.06. The highest BCUT2D eigenvalue weighted by molar-refractivity contribution is 4.94. The number of rotatable bonds is 0. The van der Waals surface area contributed by atoms with E-state index in [4.69, 9.17) is 0 Å². The molecule has 1 aliphatic heterocycles. The van der Waals surface area contributed by atoms with Crippen molar-refractivity contribution in [2.75, 3.05) is 13.7 Å². The second kappa shape index (κ2) is 1.96. The van der Waals surface area contributed by atoms with E-state index in [1.165, 1.54) is 0 Å². The quantitative estimate of drug-likeness (QED) is 0.515. The van der Waals surface area contributed by atoms with E-state index in [0.717, 1.165) is 6.67 Å². The summed E-state index contributed by atoms with van der Waals surface area (Å²) in [6, 6.07) is 0.613. The topological polar surface area (TPSA) is 15.3 Å². The molecule has 1 atom stereocenters. The lowest BCUT2D eigenvalue weighted by Crippen LogP contribution is -2.42. The van der Waals surface area contributed by atoms with Gasteiger partial charge in [-0.15, -0.1) is 0 Å². The van der Waals surface area contributed by atoms with Gasteiger partial charge in [-0.3, -0.25) is 10.2 Å². The second-order valence-corrected chi connectivity index (χ2v) is 3.44. The second-order valence-electron chi connectivity index (χ2n) is 3.44. The van der Waals surface area contributed by atoms with Gasteiger partial charge in [0.05, 0.1) is 0 Å². The Labute approximate surface area is 57.2 Å². The Balaban J connectivity index is 2.66. The smallest absolute Gasteiger partial charge is 0.0485 e. The van der Waals surface area contributed by atoms with E-state index < -0.39 is 0 Å². The number of nitrogens with zero attached hydrogens (tertiary/aromatic N) is 1. The molecule has 1 N–H and O–H groups in total. The Morgan fingerprint density at radius 3 is 2.22 bits per heavy atom. The van der Waals surface area contributed by atoms with Crippen molar-refractivity contribution in [3.05, 3.63) is 0 Å². The Hall–Kier alpha value is -0.0800. The first-order valence-corrected chi connectivity index (χ1v) is 3.50. The van der Waals surface area contributed by atoms with Crippen LogP contribution >= 0.6 is 0 Å². The van der Waals surface area contributed by atoms with Gasteiger partial charge in [-0.1, -0.05) is 0 Å². The minimum Gasteiger partial charge on any atom is -0.300 e. The number of likely N-dealkylation sites (N-methyl/N-ethyl adjacent to an activating group) is 1. The molecule has 2 heteroatoms. The van der Waals surface area contributed by atoms with Crippen molar-refractivity contribution in [2.45, 2.75) is 32.4 Å². The van der Waals surface area contributed by atoms with Gasteiger partial charge in [-0.25, -0.2) is 0 Å². The van der Waals surface area contributed by atoms with E-state index in [1.807, 2.05) is 0 Å². The highest BCUT2D eigenvalue weighted by Crippen LogP contribution is 2.20. The minimum atomic E-state index is 0.333. The maximum absolute atomic E-state index is 3.39. The van der Waals surface area contributed by atoms with Gasteiger partial charge in [-0.05, 0) is 27.8 Å². The molecule has 0 bridgehead atoms. The molecule has 0 aromatic rings. The van der Waals surface area contributed by atoms with Crippen LogP contribution in [-0.2, 0) is 0 Å². The van der Waals surface area contributed by atoms with Crippen LogP contribution in [0.3, 0.4) is 0 Å². The van der Waals surface area contributed by atoms with Gasteiger partial charge in [0.2, 0.25) is 0 Å². The zero-order chi connectivity index (χ0) is 7.07. The van der Waals surface area contributed by atoms with Crippen LogP contribution in [0, 0.1) is 0 Å². The highest BCUT2D eigenvalue weighted by atomic mass is 15.3. The molecule has 2 nitrogen and oxygen atoms in total. The van der Waals surface area contributed by atoms with Crippen LogP contribution in [0.25, 0.3) is 0 Å². The van der Waals surface area contributed by atoms with Gasteiger partial charge in [0.1, 0.15) is 0 Å². The molecule has 1 fully saturated rings. The molecule has 0 aromatic heterocycles. The zero-order valence-electron chi connectivity index (χ0n) is 6.73. The molecular weight excluding hydrogens is 112 g/mol. The fourth-order valence-electron chi connectivity index (χ4n) is 1.06. The monoisotopic (exact) mass is 128 g/mol. The van der Waals surface area contributed by atoms with E-state index >= 15 is 0 Å². The van der Waals surface area contributed by atoms with Crippen LogP contribution in [0.5, 0.6) is 0 Å². The van der Waals surface area contributed by atoms with E-state index in [9.17, 15) is 0 Å². The van der Waals surface area contributed by atoms with Crippen LogP contribution in [0.2, 0.25) is 0 Å². The third-order valence-corrected chi connectivity index (χ3v) is 2.68. The Morgan fingerprint density at radius 1 is 1.56 bits per heavy atom. The van der Waals surface area contributed by atoms with Crippen molar-refractivity contribution in [2.24, 2.45) is 0 Å². The lowest BCUT2D eigenvalue weighted by Gasteiger charge is -2.29. The first kappa shape index (κ1) is 7.03. The summed E-state index contributed by atoms with van der Waals surface area (Å²) in [5.41, 5.74) is 0.333. The normalized spacial score (nSPS) is 35.3. The SMILES string of the molecule is C[C@H]1NCN(C)C1(C)C. The van der Waals surface area contributed by atoms with Crippen LogP contribution in [0.15, 0.2) is 0 Å². The molecule has 9 heavy (non-hydrogen) atoms. The Bertz CT molecular complexity index is 97.5. The van der Waals surface area contributed by atoms with Gasteiger partial charge >= 0.3 is 0 Å². The lowest BCUT2D eigenvalue weighted by atomic mass is 9.97. The fraction of sp³-hybridized carbons (Fsp3) is 1.00. The third-order valence-electron chi connectivity index (χ3n) is 2.68. The number of nitrogens with one attached hydrogen (secondary N) is 1. The average molecular weight is 128 g/mol. The molecule has 0 spiro atoms. The summed E-state index contributed by atoms with van der Waals surface area (Å²) in [7, 11) is 2.15. The Kier molecular flexibility index (Phi) is 1.53. The predicted molar refractivity (Wildman–Crippen MR) is 39.3 cm³/mol. The lowest BCUT2D eigenvalue weighted by molar-refractivity contribution is 0.206. The molecule has 0 aliphatic carbocycles. The van der Waals surface area contributed by atoms with Gasteiger partial charge in [0, 0.05) is 18.2 Å². The van der Waals surface area contributed by atoms with Crippen molar-refractivity contribution in [3.63, 3.8) is 0 Å². The molecule has 54 valence electrons. The maximum atomic E-state index is 3.39. The summed E-state index contributed by atoms with van der Waals surface area (Å²) in [6.45, 7) is 7.77. The molecule has 0 aromatic carbocycles. The number of hydrogen-bond donors (Lipinski definition) is 1. The first-order chi connectivity index (χ1) is 4.05. The molecule has 1 saturated heterocycles. The van der Waals surface area contributed by atoms with Crippen molar-refractivity contribution in [1.82, 2.24) is 10.2 Å². The summed E-state index contributed by atoms with van der Waals surface area (Å²) in [6.07, 6.45) is 0. The number of hydrogen-bond acceptors (Lipinski definition) is 2. The summed E-state index contributed by atoms with van der Waals surface area (Å²) < 4.78 is 0. The van der Waals surface area contributed by atoms with Crippen molar-refractivity contribution in [1.29, 1.82) is 0 Å². The maximum Gasteiger partial charge on any atom is 0.0485 e. The van der Waals surface area contributed by atoms with Crippen molar-refractivity contribution < 1.29 is 0 Å². The van der Waals surface area contributed by atoms with Gasteiger partial charge in [0.15, 0.2) is 0 Å². The van der Waals surface area contributed by atoms with E-state index in [2.05, 4.69) is 38.0 Å². The average Bonchev–Trinajstić information content (AvgIpc) is 1.96. The van der Waals surface area contributed by atoms with E-state index in [0.29, 0.717) is 11.6 Å². The summed E-state index contributed by atoms with van der Waals surface area (Å²) in [5, 5.41) is 3.39. The van der Waals surface area contributed by atoms with Gasteiger partial charge in [-0.2, -0.15) is 0 Å². The molecule has 1 aliphatic rings. The summed E-state index contributed by atoms with van der Waals surface area (Å²) in [4.78, 5) is 2.33. The van der Waals surface area contributed by atoms with E-state index in [-0.39, 0.29) is 0 Å². The molecule has 1 rings (SSSR count). The summed E-state index contributed by atoms with van der Waals surface area (Å²) >= 11 is 0.